The Hall–Kier alpha value is -3.66. The average molecular weight is 370 g/mol. The van der Waals surface area contributed by atoms with Crippen LogP contribution < -0.4 is 10.2 Å². The monoisotopic (exact) mass is 370 g/mol. The Labute approximate surface area is 162 Å². The Bertz CT molecular complexity index is 1250. The molecule has 0 unspecified atom stereocenters. The molecule has 138 valence electrons. The van der Waals surface area contributed by atoms with Crippen LogP contribution in [0.5, 0.6) is 5.75 Å². The number of benzene rings is 3. The molecule has 28 heavy (non-hydrogen) atoms. The van der Waals surface area contributed by atoms with Crippen LogP contribution in [0.4, 0.5) is 0 Å². The molecular formula is C24H18O4. The molecule has 0 spiro atoms. The summed E-state index contributed by atoms with van der Waals surface area (Å²) < 4.78 is 11.3. The Kier molecular flexibility index (Phi) is 4.53. The molecule has 1 heterocycles. The van der Waals surface area contributed by atoms with Gasteiger partial charge in [-0.25, -0.2) is 0 Å². The molecule has 1 aliphatic carbocycles. The first-order valence-electron chi connectivity index (χ1n) is 8.93. The first-order valence-corrected chi connectivity index (χ1v) is 8.93. The molecule has 0 atom stereocenters. The van der Waals surface area contributed by atoms with Crippen LogP contribution >= 0.6 is 0 Å². The number of carbonyl (C=O) groups excluding carboxylic acids is 1. The third kappa shape index (κ3) is 3.09. The molecule has 2 aliphatic rings. The Morgan fingerprint density at radius 2 is 1.89 bits per heavy atom. The van der Waals surface area contributed by atoms with E-state index in [0.717, 1.165) is 22.1 Å². The summed E-state index contributed by atoms with van der Waals surface area (Å²) in [6.45, 7) is 1.81. The van der Waals surface area contributed by atoms with Crippen LogP contribution in [0.3, 0.4) is 0 Å². The van der Waals surface area contributed by atoms with Crippen LogP contribution in [-0.2, 0) is 0 Å². The van der Waals surface area contributed by atoms with Gasteiger partial charge in [-0.15, -0.1) is 0 Å². The number of carbonyl (C=O) groups is 1. The van der Waals surface area contributed by atoms with E-state index in [1.165, 1.54) is 12.1 Å². The van der Waals surface area contributed by atoms with Gasteiger partial charge in [0.15, 0.2) is 11.2 Å². The molecular weight excluding hydrogens is 352 g/mol. The molecule has 4 heteroatoms. The largest absolute Gasteiger partial charge is 0.497 e. The molecule has 4 nitrogen and oxygen atoms in total. The standard InChI is InChI=1S/C24H18O4/c1-3-5-21(26)15-6-4-7-16(12-15)24-19-10-8-17(25)13-22(19)28-23-14-18(27-2)9-11-20(23)24/h3-14H,1-2H3/b5-3+. The molecule has 0 aromatic heterocycles. The lowest BCUT2D eigenvalue weighted by Crippen LogP contribution is -2.00. The van der Waals surface area contributed by atoms with Gasteiger partial charge in [-0.05, 0) is 48.9 Å². The number of ether oxygens (including phenoxy) is 1. The fourth-order valence-electron chi connectivity index (χ4n) is 3.36. The maximum Gasteiger partial charge on any atom is 0.185 e. The van der Waals surface area contributed by atoms with Crippen molar-refractivity contribution in [2.45, 2.75) is 6.92 Å². The minimum Gasteiger partial charge on any atom is -0.497 e. The molecule has 0 saturated carbocycles. The van der Waals surface area contributed by atoms with E-state index in [0.29, 0.717) is 22.7 Å². The van der Waals surface area contributed by atoms with Gasteiger partial charge in [0.1, 0.15) is 17.1 Å². The van der Waals surface area contributed by atoms with Crippen molar-refractivity contribution < 1.29 is 13.9 Å². The molecule has 0 saturated heterocycles. The number of fused-ring (bicyclic) bond motifs is 2. The van der Waals surface area contributed by atoms with Gasteiger partial charge in [-0.2, -0.15) is 0 Å². The number of methoxy groups -OCH3 is 1. The van der Waals surface area contributed by atoms with Crippen molar-refractivity contribution in [3.8, 4) is 28.2 Å². The molecule has 4 rings (SSSR count). The molecule has 0 fully saturated rings. The molecule has 0 N–H and O–H groups in total. The van der Waals surface area contributed by atoms with E-state index in [1.807, 2.05) is 37.3 Å². The van der Waals surface area contributed by atoms with Crippen molar-refractivity contribution in [3.05, 3.63) is 88.6 Å². The predicted molar refractivity (Wildman–Crippen MR) is 110 cm³/mol. The van der Waals surface area contributed by atoms with E-state index in [-0.39, 0.29) is 11.2 Å². The van der Waals surface area contributed by atoms with E-state index in [4.69, 9.17) is 9.15 Å². The number of ketones is 1. The smallest absolute Gasteiger partial charge is 0.185 e. The average Bonchev–Trinajstić information content (AvgIpc) is 2.71. The van der Waals surface area contributed by atoms with Gasteiger partial charge < -0.3 is 9.15 Å². The second-order valence-electron chi connectivity index (χ2n) is 6.44. The summed E-state index contributed by atoms with van der Waals surface area (Å²) >= 11 is 0. The van der Waals surface area contributed by atoms with E-state index in [9.17, 15) is 9.59 Å². The summed E-state index contributed by atoms with van der Waals surface area (Å²) in [5, 5.41) is 0.877. The first kappa shape index (κ1) is 17.7. The fraction of sp³-hybridized carbons (Fsp3) is 0.0833. The van der Waals surface area contributed by atoms with Crippen molar-refractivity contribution in [1.82, 2.24) is 0 Å². The summed E-state index contributed by atoms with van der Waals surface area (Å²) in [6, 6.07) is 17.8. The maximum absolute atomic E-state index is 12.3. The summed E-state index contributed by atoms with van der Waals surface area (Å²) in [7, 11) is 1.59. The van der Waals surface area contributed by atoms with Gasteiger partial charge in [0.25, 0.3) is 0 Å². The Balaban J connectivity index is 2.06. The summed E-state index contributed by atoms with van der Waals surface area (Å²) in [4.78, 5) is 24.2. The van der Waals surface area contributed by atoms with E-state index >= 15 is 0 Å². The SMILES string of the molecule is C/C=C/C(=O)c1cccc(-c2c3ccc(=O)cc-3oc3cc(OC)ccc23)c1. The molecule has 1 aliphatic heterocycles. The van der Waals surface area contributed by atoms with Crippen LogP contribution in [0.2, 0.25) is 0 Å². The third-order valence-electron chi connectivity index (χ3n) is 4.65. The van der Waals surface area contributed by atoms with Crippen LogP contribution in [0.1, 0.15) is 17.3 Å². The highest BCUT2D eigenvalue weighted by molar-refractivity contribution is 6.07. The molecule has 0 radical (unpaired) electrons. The Morgan fingerprint density at radius 1 is 1.04 bits per heavy atom. The lowest BCUT2D eigenvalue weighted by atomic mass is 9.92. The van der Waals surface area contributed by atoms with Gasteiger partial charge in [0.05, 0.1) is 7.11 Å². The highest BCUT2D eigenvalue weighted by Crippen LogP contribution is 2.40. The normalized spacial score (nSPS) is 11.4. The number of hydrogen-bond acceptors (Lipinski definition) is 4. The number of hydrogen-bond donors (Lipinski definition) is 0. The highest BCUT2D eigenvalue weighted by atomic mass is 16.5. The van der Waals surface area contributed by atoms with Crippen LogP contribution in [0, 0.1) is 0 Å². The minimum absolute atomic E-state index is 0.0536. The topological polar surface area (TPSA) is 56.5 Å². The van der Waals surface area contributed by atoms with Crippen LogP contribution in [0.15, 0.2) is 82.0 Å². The Morgan fingerprint density at radius 3 is 2.68 bits per heavy atom. The number of allylic oxidation sites excluding steroid dienone is 2. The van der Waals surface area contributed by atoms with Crippen LogP contribution in [0.25, 0.3) is 33.4 Å². The van der Waals surface area contributed by atoms with E-state index < -0.39 is 0 Å². The second kappa shape index (κ2) is 7.16. The lowest BCUT2D eigenvalue weighted by Gasteiger charge is -2.16. The van der Waals surface area contributed by atoms with E-state index in [1.54, 1.807) is 37.5 Å². The van der Waals surface area contributed by atoms with Crippen LogP contribution in [-0.4, -0.2) is 12.9 Å². The zero-order chi connectivity index (χ0) is 19.7. The second-order valence-corrected chi connectivity index (χ2v) is 6.44. The zero-order valence-corrected chi connectivity index (χ0v) is 15.6. The van der Waals surface area contributed by atoms with Gasteiger partial charge in [-0.3, -0.25) is 9.59 Å². The van der Waals surface area contributed by atoms with Gasteiger partial charge in [0, 0.05) is 34.2 Å². The van der Waals surface area contributed by atoms with Crippen molar-refractivity contribution in [2.75, 3.05) is 7.11 Å². The van der Waals surface area contributed by atoms with Gasteiger partial charge in [-0.1, -0.05) is 24.3 Å². The fourth-order valence-corrected chi connectivity index (χ4v) is 3.36. The summed E-state index contributed by atoms with van der Waals surface area (Å²) in [6.07, 6.45) is 3.27. The van der Waals surface area contributed by atoms with Crippen molar-refractivity contribution in [3.63, 3.8) is 0 Å². The van der Waals surface area contributed by atoms with Crippen molar-refractivity contribution in [1.29, 1.82) is 0 Å². The summed E-state index contributed by atoms with van der Waals surface area (Å²) in [5.74, 6) is 1.10. The van der Waals surface area contributed by atoms with Crippen molar-refractivity contribution >= 4 is 16.8 Å². The predicted octanol–water partition coefficient (Wildman–Crippen LogP) is 5.33. The molecule has 0 bridgehead atoms. The van der Waals surface area contributed by atoms with Crippen molar-refractivity contribution in [2.24, 2.45) is 0 Å². The quantitative estimate of drug-likeness (QED) is 0.277. The number of rotatable bonds is 4. The summed E-state index contributed by atoms with van der Waals surface area (Å²) in [5.41, 5.74) is 3.69. The first-order chi connectivity index (χ1) is 13.6. The third-order valence-corrected chi connectivity index (χ3v) is 4.65. The van der Waals surface area contributed by atoms with E-state index in [2.05, 4.69) is 0 Å². The maximum atomic E-state index is 12.3. The van der Waals surface area contributed by atoms with Gasteiger partial charge >= 0.3 is 0 Å². The zero-order valence-electron chi connectivity index (χ0n) is 15.6. The lowest BCUT2D eigenvalue weighted by molar-refractivity contribution is 0.104. The highest BCUT2D eigenvalue weighted by Gasteiger charge is 2.18. The molecule has 0 amide bonds. The minimum atomic E-state index is -0.124. The van der Waals surface area contributed by atoms with Gasteiger partial charge in [0.2, 0.25) is 0 Å². The molecule has 2 aromatic rings. The molecule has 2 aromatic carbocycles.